The van der Waals surface area contributed by atoms with E-state index < -0.39 is 18.0 Å². The molecule has 1 aromatic rings. The first-order valence-electron chi connectivity index (χ1n) is 3.65. The van der Waals surface area contributed by atoms with Crippen LogP contribution in [0.3, 0.4) is 0 Å². The Hall–Kier alpha value is -1.03. The number of hydrogen-bond donors (Lipinski definition) is 1. The molecule has 12 heavy (non-hydrogen) atoms. The summed E-state index contributed by atoms with van der Waals surface area (Å²) in [6, 6.07) is 2.23. The normalized spacial score (nSPS) is 13.0. The maximum atomic E-state index is 12.8. The highest BCUT2D eigenvalue weighted by molar-refractivity contribution is 5.14. The van der Waals surface area contributed by atoms with Crippen LogP contribution in [0.4, 0.5) is 8.78 Å². The summed E-state index contributed by atoms with van der Waals surface area (Å²) in [7, 11) is 0. The first-order chi connectivity index (χ1) is 5.65. The first-order valence-corrected chi connectivity index (χ1v) is 3.65. The van der Waals surface area contributed by atoms with E-state index in [9.17, 15) is 13.9 Å². The Morgan fingerprint density at radius 3 is 2.67 bits per heavy atom. The summed E-state index contributed by atoms with van der Waals surface area (Å²) in [5.74, 6) is -1.82. The monoisotopic (exact) mass is 173 g/mol. The number of aliphatic hydroxyl groups is 1. The third kappa shape index (κ3) is 1.76. The van der Waals surface area contributed by atoms with E-state index in [2.05, 4.69) is 4.98 Å². The van der Waals surface area contributed by atoms with Gasteiger partial charge in [0.05, 0.1) is 6.10 Å². The second-order valence-electron chi connectivity index (χ2n) is 2.44. The molecule has 0 spiro atoms. The molecule has 0 fully saturated rings. The molecule has 1 rings (SSSR count). The number of halogens is 2. The van der Waals surface area contributed by atoms with Crippen LogP contribution in [0, 0.1) is 11.9 Å². The Balaban J connectivity index is 3.01. The Kier molecular flexibility index (Phi) is 2.70. The Morgan fingerprint density at radius 2 is 2.17 bits per heavy atom. The van der Waals surface area contributed by atoms with Gasteiger partial charge in [0.15, 0.2) is 0 Å². The van der Waals surface area contributed by atoms with Crippen molar-refractivity contribution in [1.82, 2.24) is 4.98 Å². The molecule has 0 aliphatic carbocycles. The summed E-state index contributed by atoms with van der Waals surface area (Å²) in [5.41, 5.74) is 0.0406. The zero-order valence-corrected chi connectivity index (χ0v) is 6.59. The second kappa shape index (κ2) is 3.58. The molecule has 1 aromatic heterocycles. The summed E-state index contributed by atoms with van der Waals surface area (Å²) < 4.78 is 25.1. The van der Waals surface area contributed by atoms with Crippen molar-refractivity contribution in [3.05, 3.63) is 29.6 Å². The molecule has 0 aliphatic heterocycles. The predicted octanol–water partition coefficient (Wildman–Crippen LogP) is 1.80. The van der Waals surface area contributed by atoms with E-state index in [1.165, 1.54) is 6.07 Å². The number of aliphatic hydroxyl groups excluding tert-OH is 1. The third-order valence-electron chi connectivity index (χ3n) is 1.59. The fraction of sp³-hybridized carbons (Fsp3) is 0.375. The van der Waals surface area contributed by atoms with Crippen molar-refractivity contribution in [1.29, 1.82) is 0 Å². The topological polar surface area (TPSA) is 33.1 Å². The molecule has 0 amide bonds. The first kappa shape index (κ1) is 9.06. The second-order valence-corrected chi connectivity index (χ2v) is 2.44. The van der Waals surface area contributed by atoms with Crippen LogP contribution in [-0.2, 0) is 0 Å². The molecule has 1 atom stereocenters. The number of rotatable bonds is 2. The number of hydrogen-bond acceptors (Lipinski definition) is 2. The maximum absolute atomic E-state index is 12.8. The summed E-state index contributed by atoms with van der Waals surface area (Å²) in [4.78, 5) is 2.95. The Bertz CT molecular complexity index is 278. The van der Waals surface area contributed by atoms with Crippen LogP contribution in [0.5, 0.6) is 0 Å². The van der Waals surface area contributed by atoms with Gasteiger partial charge in [-0.1, -0.05) is 6.92 Å². The molecule has 1 N–H and O–H groups in total. The van der Waals surface area contributed by atoms with Gasteiger partial charge in [0.25, 0.3) is 0 Å². The average molecular weight is 173 g/mol. The minimum atomic E-state index is -0.940. The number of pyridine rings is 1. The minimum Gasteiger partial charge on any atom is -0.388 e. The van der Waals surface area contributed by atoms with Crippen LogP contribution < -0.4 is 0 Å². The van der Waals surface area contributed by atoms with Crippen LogP contribution in [0.15, 0.2) is 12.1 Å². The van der Waals surface area contributed by atoms with Gasteiger partial charge in [0, 0.05) is 5.56 Å². The molecule has 0 saturated heterocycles. The van der Waals surface area contributed by atoms with Crippen molar-refractivity contribution in [2.45, 2.75) is 19.4 Å². The standard InChI is InChI=1S/C8H9F2NO/c1-2-6(12)5-3-4-7(9)11-8(5)10/h3-4,6,12H,2H2,1H3/t6-/m0/s1. The van der Waals surface area contributed by atoms with Crippen molar-refractivity contribution < 1.29 is 13.9 Å². The van der Waals surface area contributed by atoms with Crippen molar-refractivity contribution in [2.75, 3.05) is 0 Å². The molecule has 0 aromatic carbocycles. The van der Waals surface area contributed by atoms with Gasteiger partial charge >= 0.3 is 0 Å². The van der Waals surface area contributed by atoms with Gasteiger partial charge in [0.1, 0.15) is 0 Å². The fourth-order valence-corrected chi connectivity index (χ4v) is 0.891. The maximum Gasteiger partial charge on any atom is 0.221 e. The molecule has 0 aliphatic rings. The van der Waals surface area contributed by atoms with Crippen molar-refractivity contribution in [3.8, 4) is 0 Å². The van der Waals surface area contributed by atoms with E-state index in [1.807, 2.05) is 0 Å². The van der Waals surface area contributed by atoms with Crippen LogP contribution in [0.25, 0.3) is 0 Å². The lowest BCUT2D eigenvalue weighted by Gasteiger charge is -2.07. The molecule has 4 heteroatoms. The molecular weight excluding hydrogens is 164 g/mol. The van der Waals surface area contributed by atoms with Gasteiger partial charge in [-0.2, -0.15) is 13.8 Å². The lowest BCUT2D eigenvalue weighted by Crippen LogP contribution is -2.02. The molecule has 66 valence electrons. The van der Waals surface area contributed by atoms with Gasteiger partial charge in [-0.15, -0.1) is 0 Å². The van der Waals surface area contributed by atoms with Crippen LogP contribution >= 0.6 is 0 Å². The Morgan fingerprint density at radius 1 is 1.50 bits per heavy atom. The molecule has 0 bridgehead atoms. The van der Waals surface area contributed by atoms with Gasteiger partial charge in [-0.3, -0.25) is 0 Å². The molecular formula is C8H9F2NO. The van der Waals surface area contributed by atoms with Gasteiger partial charge in [0.2, 0.25) is 11.9 Å². The highest BCUT2D eigenvalue weighted by atomic mass is 19.1. The quantitative estimate of drug-likeness (QED) is 0.692. The van der Waals surface area contributed by atoms with E-state index in [1.54, 1.807) is 6.92 Å². The zero-order chi connectivity index (χ0) is 9.14. The predicted molar refractivity (Wildman–Crippen MR) is 39.4 cm³/mol. The average Bonchev–Trinajstić information content (AvgIpc) is 2.03. The highest BCUT2D eigenvalue weighted by Crippen LogP contribution is 2.17. The lowest BCUT2D eigenvalue weighted by molar-refractivity contribution is 0.167. The molecule has 0 radical (unpaired) electrons. The zero-order valence-electron chi connectivity index (χ0n) is 6.59. The number of aromatic nitrogens is 1. The molecule has 1 heterocycles. The van der Waals surface area contributed by atoms with E-state index in [0.29, 0.717) is 6.42 Å². The van der Waals surface area contributed by atoms with Crippen molar-refractivity contribution >= 4 is 0 Å². The van der Waals surface area contributed by atoms with Crippen molar-refractivity contribution in [2.24, 2.45) is 0 Å². The fourth-order valence-electron chi connectivity index (χ4n) is 0.891. The van der Waals surface area contributed by atoms with Crippen LogP contribution in [0.2, 0.25) is 0 Å². The van der Waals surface area contributed by atoms with Crippen molar-refractivity contribution in [3.63, 3.8) is 0 Å². The largest absolute Gasteiger partial charge is 0.388 e. The van der Waals surface area contributed by atoms with E-state index in [0.717, 1.165) is 6.07 Å². The van der Waals surface area contributed by atoms with Gasteiger partial charge < -0.3 is 5.11 Å². The summed E-state index contributed by atoms with van der Waals surface area (Å²) in [6.45, 7) is 1.70. The van der Waals surface area contributed by atoms with E-state index in [-0.39, 0.29) is 5.56 Å². The summed E-state index contributed by atoms with van der Waals surface area (Å²) >= 11 is 0. The van der Waals surface area contributed by atoms with E-state index >= 15 is 0 Å². The van der Waals surface area contributed by atoms with Gasteiger partial charge in [-0.25, -0.2) is 0 Å². The highest BCUT2D eigenvalue weighted by Gasteiger charge is 2.12. The van der Waals surface area contributed by atoms with Gasteiger partial charge in [-0.05, 0) is 18.6 Å². The molecule has 2 nitrogen and oxygen atoms in total. The SMILES string of the molecule is CC[C@H](O)c1ccc(F)nc1F. The molecule has 0 unspecified atom stereocenters. The van der Waals surface area contributed by atoms with Crippen LogP contribution in [-0.4, -0.2) is 10.1 Å². The van der Waals surface area contributed by atoms with Crippen LogP contribution in [0.1, 0.15) is 25.0 Å². The number of nitrogens with zero attached hydrogens (tertiary/aromatic N) is 1. The minimum absolute atomic E-state index is 0.0406. The third-order valence-corrected chi connectivity index (χ3v) is 1.59. The van der Waals surface area contributed by atoms with E-state index in [4.69, 9.17) is 0 Å². The summed E-state index contributed by atoms with van der Waals surface area (Å²) in [6.07, 6.45) is -0.525. The lowest BCUT2D eigenvalue weighted by atomic mass is 10.1. The smallest absolute Gasteiger partial charge is 0.221 e. The summed E-state index contributed by atoms with van der Waals surface area (Å²) in [5, 5.41) is 9.20. The molecule has 0 saturated carbocycles. The Labute approximate surface area is 68.9 Å².